The Morgan fingerprint density at radius 3 is 2.55 bits per heavy atom. The van der Waals surface area contributed by atoms with Gasteiger partial charge in [0.2, 0.25) is 0 Å². The third kappa shape index (κ3) is 5.95. The molecule has 3 rings (SSSR count). The maximum Gasteiger partial charge on any atom is 0.162 e. The fourth-order valence-electron chi connectivity index (χ4n) is 3.72. The first-order chi connectivity index (χ1) is 14.0. The number of piperazine rings is 1. The molecule has 0 spiro atoms. The highest BCUT2D eigenvalue weighted by molar-refractivity contribution is 6.30. The van der Waals surface area contributed by atoms with Gasteiger partial charge in [-0.25, -0.2) is 0 Å². The van der Waals surface area contributed by atoms with Gasteiger partial charge in [-0.05, 0) is 48.9 Å². The van der Waals surface area contributed by atoms with E-state index in [9.17, 15) is 9.90 Å². The van der Waals surface area contributed by atoms with Crippen molar-refractivity contribution >= 4 is 23.1 Å². The Bertz CT molecular complexity index is 817. The number of rotatable bonds is 8. The Balaban J connectivity index is 1.43. The molecule has 5 nitrogen and oxygen atoms in total. The number of hydrogen-bond acceptors (Lipinski definition) is 4. The predicted molar refractivity (Wildman–Crippen MR) is 117 cm³/mol. The fraction of sp³-hybridized carbons (Fsp3) is 0.435. The molecule has 1 heterocycles. The van der Waals surface area contributed by atoms with Crippen LogP contribution >= 0.6 is 11.6 Å². The van der Waals surface area contributed by atoms with Crippen molar-refractivity contribution in [2.45, 2.75) is 26.4 Å². The summed E-state index contributed by atoms with van der Waals surface area (Å²) < 4.78 is 5.70. The number of ketones is 1. The number of hydrogen-bond donors (Lipinski definition) is 2. The monoisotopic (exact) mass is 417 g/mol. The van der Waals surface area contributed by atoms with E-state index in [1.54, 1.807) is 24.3 Å². The summed E-state index contributed by atoms with van der Waals surface area (Å²) in [6.07, 6.45) is -0.0346. The maximum absolute atomic E-state index is 11.7. The predicted octanol–water partition coefficient (Wildman–Crippen LogP) is 2.39. The van der Waals surface area contributed by atoms with E-state index in [4.69, 9.17) is 16.3 Å². The van der Waals surface area contributed by atoms with E-state index in [0.717, 1.165) is 31.2 Å². The molecule has 1 saturated heterocycles. The van der Waals surface area contributed by atoms with E-state index >= 15 is 0 Å². The molecule has 0 aliphatic carbocycles. The lowest BCUT2D eigenvalue weighted by molar-refractivity contribution is -0.903. The highest BCUT2D eigenvalue weighted by Crippen LogP contribution is 2.24. The summed E-state index contributed by atoms with van der Waals surface area (Å²) in [6.45, 7) is 8.69. The summed E-state index contributed by atoms with van der Waals surface area (Å²) in [5, 5.41) is 11.1. The number of Topliss-reactive ketones (excluding diaryl/α,β-unsaturated/α-hetero) is 1. The maximum atomic E-state index is 11.7. The molecule has 1 fully saturated rings. The van der Waals surface area contributed by atoms with Crippen LogP contribution in [0, 0.1) is 6.92 Å². The van der Waals surface area contributed by atoms with Crippen LogP contribution in [0.25, 0.3) is 0 Å². The molecule has 156 valence electrons. The van der Waals surface area contributed by atoms with Crippen LogP contribution in [-0.4, -0.2) is 56.3 Å². The minimum Gasteiger partial charge on any atom is -0.491 e. The third-order valence-corrected chi connectivity index (χ3v) is 5.68. The summed E-state index contributed by atoms with van der Waals surface area (Å²) in [5.74, 6) is 0.792. The van der Waals surface area contributed by atoms with Gasteiger partial charge in [-0.1, -0.05) is 24.6 Å². The van der Waals surface area contributed by atoms with Crippen LogP contribution in [0.4, 0.5) is 5.69 Å². The van der Waals surface area contributed by atoms with Gasteiger partial charge in [-0.3, -0.25) is 4.79 Å². The number of ether oxygens (including phenoxy) is 1. The summed E-state index contributed by atoms with van der Waals surface area (Å²) in [7, 11) is 0. The zero-order valence-electron chi connectivity index (χ0n) is 17.2. The van der Waals surface area contributed by atoms with Crippen molar-refractivity contribution in [3.05, 3.63) is 58.6 Å². The van der Waals surface area contributed by atoms with Crippen LogP contribution in [0.5, 0.6) is 5.75 Å². The van der Waals surface area contributed by atoms with Gasteiger partial charge in [-0.2, -0.15) is 0 Å². The lowest BCUT2D eigenvalue weighted by Gasteiger charge is -2.35. The molecule has 2 N–H and O–H groups in total. The van der Waals surface area contributed by atoms with Crippen molar-refractivity contribution in [3.8, 4) is 5.75 Å². The number of nitrogens with one attached hydrogen (secondary N) is 1. The second kappa shape index (κ2) is 10.1. The molecule has 1 atom stereocenters. The number of aliphatic hydroxyl groups excluding tert-OH is 1. The molecule has 2 aromatic rings. The smallest absolute Gasteiger partial charge is 0.162 e. The van der Waals surface area contributed by atoms with E-state index in [1.807, 2.05) is 19.1 Å². The Morgan fingerprint density at radius 1 is 1.21 bits per heavy atom. The minimum absolute atomic E-state index is 0.118. The van der Waals surface area contributed by atoms with Crippen LogP contribution in [-0.2, 0) is 0 Å². The summed E-state index contributed by atoms with van der Waals surface area (Å²) >= 11 is 6.15. The van der Waals surface area contributed by atoms with Crippen LogP contribution < -0.4 is 14.5 Å². The molecule has 29 heavy (non-hydrogen) atoms. The number of anilines is 1. The Labute approximate surface area is 177 Å². The lowest BCUT2D eigenvalue weighted by atomic mass is 10.1. The van der Waals surface area contributed by atoms with Gasteiger partial charge in [0.05, 0.1) is 26.2 Å². The molecule has 0 radical (unpaired) electrons. The molecule has 2 aromatic carbocycles. The highest BCUT2D eigenvalue weighted by Gasteiger charge is 2.23. The molecule has 0 saturated carbocycles. The first kappa shape index (κ1) is 21.6. The number of aliphatic hydroxyl groups is 1. The SMILES string of the molecule is CCC(=O)c1ccc(OC[C@H](O)C[NH+]2CCN(c3cc(Cl)ccc3C)CC2)cc1. The average molecular weight is 418 g/mol. The van der Waals surface area contributed by atoms with Crippen LogP contribution in [0.15, 0.2) is 42.5 Å². The number of carbonyl (C=O) groups excluding carboxylic acids is 1. The summed E-state index contributed by atoms with van der Waals surface area (Å²) in [5.41, 5.74) is 3.13. The number of quaternary nitrogens is 1. The Hall–Kier alpha value is -2.08. The topological polar surface area (TPSA) is 54.2 Å². The summed E-state index contributed by atoms with van der Waals surface area (Å²) in [6, 6.07) is 13.1. The lowest BCUT2D eigenvalue weighted by Crippen LogP contribution is -3.16. The molecule has 0 unspecified atom stereocenters. The molecular weight excluding hydrogens is 388 g/mol. The fourth-order valence-corrected chi connectivity index (χ4v) is 3.88. The third-order valence-electron chi connectivity index (χ3n) is 5.45. The normalized spacial score (nSPS) is 15.9. The zero-order valence-corrected chi connectivity index (χ0v) is 17.9. The molecule has 1 aliphatic heterocycles. The largest absolute Gasteiger partial charge is 0.491 e. The Kier molecular flexibility index (Phi) is 7.53. The van der Waals surface area contributed by atoms with Crippen LogP contribution in [0.3, 0.4) is 0 Å². The second-order valence-electron chi connectivity index (χ2n) is 7.64. The molecule has 0 bridgehead atoms. The number of carbonyl (C=O) groups is 1. The van der Waals surface area contributed by atoms with Gasteiger partial charge in [-0.15, -0.1) is 0 Å². The standard InChI is InChI=1S/C23H29ClN2O3/c1-3-23(28)18-5-8-21(9-6-18)29-16-20(27)15-25-10-12-26(13-11-25)22-14-19(24)7-4-17(22)2/h4-9,14,20,27H,3,10-13,15-16H2,1-2H3/p+1/t20-/m1/s1. The average Bonchev–Trinajstić information content (AvgIpc) is 2.74. The van der Waals surface area contributed by atoms with Gasteiger partial charge in [0.15, 0.2) is 5.78 Å². The van der Waals surface area contributed by atoms with E-state index in [2.05, 4.69) is 17.9 Å². The van der Waals surface area contributed by atoms with Crippen molar-refractivity contribution < 1.29 is 19.5 Å². The molecular formula is C23H30ClN2O3+. The van der Waals surface area contributed by atoms with E-state index < -0.39 is 6.10 Å². The molecule has 0 amide bonds. The number of benzene rings is 2. The van der Waals surface area contributed by atoms with E-state index in [-0.39, 0.29) is 12.4 Å². The van der Waals surface area contributed by atoms with Gasteiger partial charge < -0.3 is 19.6 Å². The molecule has 6 heteroatoms. The quantitative estimate of drug-likeness (QED) is 0.647. The van der Waals surface area contributed by atoms with Gasteiger partial charge >= 0.3 is 0 Å². The summed E-state index contributed by atoms with van der Waals surface area (Å²) in [4.78, 5) is 15.4. The van der Waals surface area contributed by atoms with Crippen LogP contribution in [0.2, 0.25) is 5.02 Å². The first-order valence-corrected chi connectivity index (χ1v) is 10.6. The minimum atomic E-state index is -0.526. The van der Waals surface area contributed by atoms with Crippen molar-refractivity contribution in [2.24, 2.45) is 0 Å². The van der Waals surface area contributed by atoms with Crippen molar-refractivity contribution in [2.75, 3.05) is 44.2 Å². The van der Waals surface area contributed by atoms with Crippen molar-refractivity contribution in [1.82, 2.24) is 0 Å². The number of aryl methyl sites for hydroxylation is 1. The van der Waals surface area contributed by atoms with E-state index in [0.29, 0.717) is 24.3 Å². The van der Waals surface area contributed by atoms with Crippen molar-refractivity contribution in [1.29, 1.82) is 0 Å². The first-order valence-electron chi connectivity index (χ1n) is 10.2. The van der Waals surface area contributed by atoms with Gasteiger partial charge in [0.1, 0.15) is 25.0 Å². The van der Waals surface area contributed by atoms with Gasteiger partial charge in [0.25, 0.3) is 0 Å². The van der Waals surface area contributed by atoms with Crippen molar-refractivity contribution in [3.63, 3.8) is 0 Å². The van der Waals surface area contributed by atoms with E-state index in [1.165, 1.54) is 16.2 Å². The highest BCUT2D eigenvalue weighted by atomic mass is 35.5. The Morgan fingerprint density at radius 2 is 1.90 bits per heavy atom. The number of nitrogens with zero attached hydrogens (tertiary/aromatic N) is 1. The molecule has 0 aromatic heterocycles. The zero-order chi connectivity index (χ0) is 20.8. The number of halogens is 1. The van der Waals surface area contributed by atoms with Gasteiger partial charge in [0, 0.05) is 22.7 Å². The van der Waals surface area contributed by atoms with Crippen LogP contribution in [0.1, 0.15) is 29.3 Å². The second-order valence-corrected chi connectivity index (χ2v) is 8.07. The molecule has 1 aliphatic rings.